The van der Waals surface area contributed by atoms with Crippen LogP contribution >= 0.6 is 11.8 Å². The number of fused-ring (bicyclic) bond motifs is 1. The summed E-state index contributed by atoms with van der Waals surface area (Å²) in [6.07, 6.45) is 3.98. The molecular weight excluding hydrogens is 204 g/mol. The molecule has 0 fully saturated rings. The summed E-state index contributed by atoms with van der Waals surface area (Å²) in [7, 11) is 0. The maximum Gasteiger partial charge on any atom is 0.171 e. The maximum absolute atomic E-state index is 12.2. The third kappa shape index (κ3) is 1.86. The van der Waals surface area contributed by atoms with Gasteiger partial charge in [-0.15, -0.1) is 11.8 Å². The van der Waals surface area contributed by atoms with Crippen LogP contribution in [0, 0.1) is 5.92 Å². The average Bonchev–Trinajstić information content (AvgIpc) is 2.24. The zero-order valence-electron chi connectivity index (χ0n) is 8.94. The molecule has 0 saturated heterocycles. The van der Waals surface area contributed by atoms with Gasteiger partial charge in [0.2, 0.25) is 0 Å². The van der Waals surface area contributed by atoms with Crippen molar-refractivity contribution >= 4 is 17.5 Å². The fraction of sp³-hybridized carbons (Fsp3) is 0.308. The standard InChI is InChI=1S/C13H14OS/c1-3-6-10-9(2)15-12-8-5-4-7-11(12)13(10)14/h3-10H,1-2H3/b6-3-. The Bertz CT molecular complexity index is 409. The third-order valence-corrected chi connectivity index (χ3v) is 3.95. The first kappa shape index (κ1) is 10.5. The summed E-state index contributed by atoms with van der Waals surface area (Å²) in [6, 6.07) is 7.87. The Hall–Kier alpha value is -1.02. The fourth-order valence-corrected chi connectivity index (χ4v) is 3.10. The third-order valence-electron chi connectivity index (χ3n) is 2.67. The molecule has 1 aromatic carbocycles. The minimum atomic E-state index is 0.0369. The Morgan fingerprint density at radius 2 is 2.07 bits per heavy atom. The van der Waals surface area contributed by atoms with E-state index in [1.807, 2.05) is 43.3 Å². The summed E-state index contributed by atoms with van der Waals surface area (Å²) in [5.74, 6) is 0.296. The molecule has 0 radical (unpaired) electrons. The molecule has 1 aliphatic heterocycles. The van der Waals surface area contributed by atoms with Crippen LogP contribution in [0.3, 0.4) is 0 Å². The second kappa shape index (κ2) is 4.23. The largest absolute Gasteiger partial charge is 0.293 e. The second-order valence-corrected chi connectivity index (χ2v) is 5.15. The van der Waals surface area contributed by atoms with E-state index in [2.05, 4.69) is 6.92 Å². The van der Waals surface area contributed by atoms with Crippen molar-refractivity contribution in [3.63, 3.8) is 0 Å². The minimum absolute atomic E-state index is 0.0369. The summed E-state index contributed by atoms with van der Waals surface area (Å²) >= 11 is 1.79. The van der Waals surface area contributed by atoms with Crippen LogP contribution in [0.25, 0.3) is 0 Å². The SMILES string of the molecule is C/C=C\C1C(=O)c2ccccc2SC1C. The number of hydrogen-bond donors (Lipinski definition) is 0. The number of carbonyl (C=O) groups excluding carboxylic acids is 1. The Labute approximate surface area is 94.6 Å². The van der Waals surface area contributed by atoms with Crippen molar-refractivity contribution in [1.82, 2.24) is 0 Å². The number of thioether (sulfide) groups is 1. The first-order valence-corrected chi connectivity index (χ1v) is 6.04. The number of hydrogen-bond acceptors (Lipinski definition) is 2. The van der Waals surface area contributed by atoms with Crippen molar-refractivity contribution in [2.24, 2.45) is 5.92 Å². The van der Waals surface area contributed by atoms with Crippen LogP contribution in [-0.4, -0.2) is 11.0 Å². The quantitative estimate of drug-likeness (QED) is 0.670. The Morgan fingerprint density at radius 1 is 1.33 bits per heavy atom. The van der Waals surface area contributed by atoms with Gasteiger partial charge in [0.25, 0.3) is 0 Å². The smallest absolute Gasteiger partial charge is 0.171 e. The lowest BCUT2D eigenvalue weighted by molar-refractivity contribution is 0.0939. The molecule has 0 bridgehead atoms. The van der Waals surface area contributed by atoms with E-state index in [1.165, 1.54) is 0 Å². The molecule has 1 heterocycles. The summed E-state index contributed by atoms with van der Waals surface area (Å²) in [6.45, 7) is 4.08. The number of Topliss-reactive ketones (excluding diaryl/α,β-unsaturated/α-hetero) is 1. The molecule has 0 N–H and O–H groups in total. The van der Waals surface area contributed by atoms with Crippen molar-refractivity contribution < 1.29 is 4.79 Å². The molecule has 78 valence electrons. The van der Waals surface area contributed by atoms with Crippen molar-refractivity contribution in [3.05, 3.63) is 42.0 Å². The van der Waals surface area contributed by atoms with Gasteiger partial charge in [0.1, 0.15) is 0 Å². The molecule has 2 rings (SSSR count). The van der Waals surface area contributed by atoms with Gasteiger partial charge in [-0.2, -0.15) is 0 Å². The molecule has 15 heavy (non-hydrogen) atoms. The van der Waals surface area contributed by atoms with Crippen molar-refractivity contribution in [3.8, 4) is 0 Å². The van der Waals surface area contributed by atoms with Gasteiger partial charge in [-0.3, -0.25) is 4.79 Å². The van der Waals surface area contributed by atoms with Crippen molar-refractivity contribution in [2.75, 3.05) is 0 Å². The normalized spacial score (nSPS) is 25.6. The zero-order chi connectivity index (χ0) is 10.8. The summed E-state index contributed by atoms with van der Waals surface area (Å²) in [5, 5.41) is 0.337. The molecule has 0 amide bonds. The van der Waals surface area contributed by atoms with E-state index < -0.39 is 0 Å². The number of allylic oxidation sites excluding steroid dienone is 2. The van der Waals surface area contributed by atoms with E-state index in [1.54, 1.807) is 11.8 Å². The van der Waals surface area contributed by atoms with E-state index in [0.717, 1.165) is 10.5 Å². The molecule has 1 nitrogen and oxygen atoms in total. The molecule has 2 heteroatoms. The monoisotopic (exact) mass is 218 g/mol. The van der Waals surface area contributed by atoms with Gasteiger partial charge in [-0.25, -0.2) is 0 Å². The molecule has 0 aliphatic carbocycles. The highest BCUT2D eigenvalue weighted by Gasteiger charge is 2.31. The maximum atomic E-state index is 12.2. The molecule has 0 aromatic heterocycles. The van der Waals surface area contributed by atoms with E-state index in [0.29, 0.717) is 5.25 Å². The molecule has 1 aliphatic rings. The van der Waals surface area contributed by atoms with Crippen LogP contribution in [0.2, 0.25) is 0 Å². The van der Waals surface area contributed by atoms with Crippen LogP contribution in [0.4, 0.5) is 0 Å². The van der Waals surface area contributed by atoms with Crippen molar-refractivity contribution in [1.29, 1.82) is 0 Å². The first-order chi connectivity index (χ1) is 7.24. The Balaban J connectivity index is 2.43. The second-order valence-electron chi connectivity index (χ2n) is 3.73. The lowest BCUT2D eigenvalue weighted by Gasteiger charge is -2.26. The van der Waals surface area contributed by atoms with Gasteiger partial charge in [-0.1, -0.05) is 37.3 Å². The first-order valence-electron chi connectivity index (χ1n) is 5.16. The van der Waals surface area contributed by atoms with Gasteiger partial charge in [0.15, 0.2) is 5.78 Å². The Morgan fingerprint density at radius 3 is 2.80 bits per heavy atom. The van der Waals surface area contributed by atoms with E-state index >= 15 is 0 Å². The summed E-state index contributed by atoms with van der Waals surface area (Å²) in [5.41, 5.74) is 0.878. The van der Waals surface area contributed by atoms with Crippen LogP contribution in [0.15, 0.2) is 41.3 Å². The highest BCUT2D eigenvalue weighted by atomic mass is 32.2. The van der Waals surface area contributed by atoms with Gasteiger partial charge >= 0.3 is 0 Å². The topological polar surface area (TPSA) is 17.1 Å². The highest BCUT2D eigenvalue weighted by Crippen LogP contribution is 2.38. The van der Waals surface area contributed by atoms with Crippen LogP contribution in [-0.2, 0) is 0 Å². The van der Waals surface area contributed by atoms with E-state index in [4.69, 9.17) is 0 Å². The van der Waals surface area contributed by atoms with Crippen LogP contribution in [0.5, 0.6) is 0 Å². The number of carbonyl (C=O) groups is 1. The average molecular weight is 218 g/mol. The zero-order valence-corrected chi connectivity index (χ0v) is 9.75. The highest BCUT2D eigenvalue weighted by molar-refractivity contribution is 8.00. The summed E-state index contributed by atoms with van der Waals surface area (Å²) < 4.78 is 0. The lowest BCUT2D eigenvalue weighted by Crippen LogP contribution is -2.26. The van der Waals surface area contributed by atoms with E-state index in [-0.39, 0.29) is 11.7 Å². The molecular formula is C13H14OS. The number of benzene rings is 1. The number of ketones is 1. The molecule has 2 unspecified atom stereocenters. The van der Waals surface area contributed by atoms with Gasteiger partial charge < -0.3 is 0 Å². The summed E-state index contributed by atoms with van der Waals surface area (Å²) in [4.78, 5) is 13.3. The predicted molar refractivity (Wildman–Crippen MR) is 64.4 cm³/mol. The molecule has 0 spiro atoms. The van der Waals surface area contributed by atoms with Crippen LogP contribution < -0.4 is 0 Å². The van der Waals surface area contributed by atoms with E-state index in [9.17, 15) is 4.79 Å². The lowest BCUT2D eigenvalue weighted by atomic mass is 9.94. The minimum Gasteiger partial charge on any atom is -0.293 e. The number of rotatable bonds is 1. The molecule has 1 aromatic rings. The Kier molecular flexibility index (Phi) is 2.96. The van der Waals surface area contributed by atoms with Gasteiger partial charge in [0.05, 0.1) is 5.92 Å². The van der Waals surface area contributed by atoms with Gasteiger partial charge in [-0.05, 0) is 13.0 Å². The predicted octanol–water partition coefficient (Wildman–Crippen LogP) is 3.56. The fourth-order valence-electron chi connectivity index (χ4n) is 1.89. The van der Waals surface area contributed by atoms with Gasteiger partial charge in [0, 0.05) is 15.7 Å². The molecule has 2 atom stereocenters. The van der Waals surface area contributed by atoms with Crippen molar-refractivity contribution in [2.45, 2.75) is 24.0 Å². The van der Waals surface area contributed by atoms with Crippen LogP contribution in [0.1, 0.15) is 24.2 Å². The molecule has 0 saturated carbocycles.